The molecule has 5 heteroatoms. The van der Waals surface area contributed by atoms with Crippen LogP contribution in [0.5, 0.6) is 5.75 Å². The second-order valence-corrected chi connectivity index (χ2v) is 46.1. The molecule has 12 aromatic carbocycles. The van der Waals surface area contributed by atoms with Gasteiger partial charge in [-0.25, -0.2) is 0 Å². The van der Waals surface area contributed by atoms with E-state index in [9.17, 15) is 5.11 Å². The molecule has 0 saturated heterocycles. The van der Waals surface area contributed by atoms with Crippen LogP contribution < -0.4 is 19.4 Å². The number of anilines is 9. The van der Waals surface area contributed by atoms with Crippen molar-refractivity contribution in [3.8, 4) is 5.75 Å². The molecule has 12 bridgehead atoms. The van der Waals surface area contributed by atoms with Gasteiger partial charge in [0.1, 0.15) is 5.75 Å². The SMILES string of the molecule is C=Cc1ccc(C23CC4CC(C2)CC(c2ccc(N(c5cc(CCCCCC)cc(CCCCCC)c5)c5cc(CCCCCC)cc(CCCCCC)c5)cc2)(C4)C3)cc1.C=Cc1ccc(C23CC4CC(C2)CC(c2ccc(N(c5ccc(C)cc5)c5ccc(C)cc5)cc2)(C4)C3)cc1.C=Cc1ccc(C23CC4CC(C2)CC(c2ccc(N(c5ccc(CO)cc5)c5ccc(OC)cc5)cc2)(C4)C3)cc1. The van der Waals surface area contributed by atoms with Crippen LogP contribution in [0.3, 0.4) is 0 Å². The molecule has 6 unspecified atom stereocenters. The highest BCUT2D eigenvalue weighted by atomic mass is 16.5. The maximum absolute atomic E-state index is 9.59. The van der Waals surface area contributed by atoms with E-state index in [1.54, 1.807) is 29.4 Å². The highest BCUT2D eigenvalue weighted by Gasteiger charge is 2.62. The molecule has 5 nitrogen and oxygen atoms in total. The van der Waals surface area contributed by atoms with Gasteiger partial charge in [-0.2, -0.15) is 0 Å². The number of nitrogens with zero attached hydrogens (tertiary/aromatic N) is 3. The lowest BCUT2D eigenvalue weighted by Gasteiger charge is -2.63. The zero-order valence-corrected chi connectivity index (χ0v) is 86.6. The second-order valence-electron chi connectivity index (χ2n) is 46.1. The Balaban J connectivity index is 0.000000139. The minimum Gasteiger partial charge on any atom is -0.497 e. The predicted molar refractivity (Wildman–Crippen MR) is 600 cm³/mol. The third-order valence-electron chi connectivity index (χ3n) is 35.8. The quantitative estimate of drug-likeness (QED) is 0.0388. The fraction of sp³-hybridized carbons (Fsp3) is 0.426. The van der Waals surface area contributed by atoms with Crippen molar-refractivity contribution in [2.75, 3.05) is 21.8 Å². The molecule has 12 aliphatic carbocycles. The zero-order chi connectivity index (χ0) is 97.1. The molecule has 0 aliphatic heterocycles. The van der Waals surface area contributed by atoms with Gasteiger partial charge in [0.25, 0.3) is 0 Å². The smallest absolute Gasteiger partial charge is 0.119 e. The average molecular weight is 1870 g/mol. The normalized spacial score (nSPS) is 24.4. The van der Waals surface area contributed by atoms with Gasteiger partial charge in [-0.15, -0.1) is 0 Å². The standard InChI is InChI=1S/C60H83N.C38H39NO2.C38H39N/c1-6-11-15-19-23-48-35-49(24-20-16-12-7-2)39-57(38-48)61(58-40-50(25-21-17-13-8-3)36-51(41-58)26-22-18-14-9-4)56-33-31-55(32-34-56)60-44-52-37-53(45-60)43-59(42-52,46-60)54-29-27-47(10-5)28-30-54;1-3-27-4-8-31(9-5-27)37-21-29-20-30(22-37)24-38(23-29,26-37)32-10-14-34(15-11-32)39(33-12-6-28(25-40)7-13-33)35-16-18-36(41-2)19-17-35;1-4-29-9-11-32(12-10-29)37-22-30-21-31(23-37)25-38(24-30,26-37)33-13-19-36(20-14-33)39(34-15-5-27(2)6-16-34)35-17-7-28(3)8-18-35/h10,27-36,38-41,52-53H,5-9,11-26,37,42-46H2,1-4H3;3-19,29-30,40H,1,20-26H2,2H3;4-20,30-31H,1,21-26H2,2-3H3. The molecular formula is C136H161N3O2. The first-order chi connectivity index (χ1) is 68.9. The molecule has 12 saturated carbocycles. The second kappa shape index (κ2) is 44.1. The first-order valence-electron chi connectivity index (χ1n) is 55.5. The summed E-state index contributed by atoms with van der Waals surface area (Å²) in [5.74, 6) is 5.84. The molecule has 24 rings (SSSR count). The molecule has 6 atom stereocenters. The Morgan fingerprint density at radius 3 is 0.695 bits per heavy atom. The van der Waals surface area contributed by atoms with Gasteiger partial charge in [-0.05, 0) is 448 Å². The van der Waals surface area contributed by atoms with Crippen LogP contribution in [0.2, 0.25) is 0 Å². The summed E-state index contributed by atoms with van der Waals surface area (Å²) in [6.45, 7) is 25.6. The Labute approximate surface area is 848 Å². The molecule has 0 amide bonds. The number of rotatable bonds is 40. The molecule has 0 aromatic heterocycles. The van der Waals surface area contributed by atoms with Crippen LogP contribution in [0.15, 0.2) is 299 Å². The number of hydrogen-bond acceptors (Lipinski definition) is 5. The lowest BCUT2D eigenvalue weighted by atomic mass is 9.41. The molecule has 0 heterocycles. The van der Waals surface area contributed by atoms with Crippen LogP contribution in [-0.4, -0.2) is 12.2 Å². The molecule has 0 spiro atoms. The number of ether oxygens (including phenoxy) is 1. The molecule has 12 aliphatic rings. The Bertz CT molecular complexity index is 5870. The number of methoxy groups -OCH3 is 1. The van der Waals surface area contributed by atoms with Gasteiger partial charge in [0, 0.05) is 51.2 Å². The maximum Gasteiger partial charge on any atom is 0.119 e. The van der Waals surface area contributed by atoms with E-state index in [1.165, 1.54) is 339 Å². The van der Waals surface area contributed by atoms with Crippen LogP contribution >= 0.6 is 0 Å². The van der Waals surface area contributed by atoms with Gasteiger partial charge in [0.2, 0.25) is 0 Å². The molecular weight excluding hydrogens is 1710 g/mol. The van der Waals surface area contributed by atoms with E-state index in [2.05, 4.69) is 331 Å². The van der Waals surface area contributed by atoms with Crippen molar-refractivity contribution in [3.05, 3.63) is 388 Å². The summed E-state index contributed by atoms with van der Waals surface area (Å²) >= 11 is 0. The summed E-state index contributed by atoms with van der Waals surface area (Å²) in [6, 6.07) is 107. The van der Waals surface area contributed by atoms with Crippen molar-refractivity contribution in [2.24, 2.45) is 35.5 Å². The van der Waals surface area contributed by atoms with E-state index in [4.69, 9.17) is 4.74 Å². The number of aliphatic hydroxyl groups excluding tert-OH is 1. The van der Waals surface area contributed by atoms with E-state index >= 15 is 0 Å². The summed E-state index contributed by atoms with van der Waals surface area (Å²) in [4.78, 5) is 7.36. The number of aliphatic hydroxyl groups is 1. The number of unbranched alkanes of at least 4 members (excludes halogenated alkanes) is 12. The summed E-state index contributed by atoms with van der Waals surface area (Å²) in [5, 5.41) is 9.59. The molecule has 1 N–H and O–H groups in total. The van der Waals surface area contributed by atoms with E-state index in [1.807, 2.05) is 42.5 Å². The van der Waals surface area contributed by atoms with Crippen molar-refractivity contribution < 1.29 is 9.84 Å². The average Bonchev–Trinajstić information content (AvgIpc) is 0.711. The molecule has 12 fully saturated rings. The summed E-state index contributed by atoms with van der Waals surface area (Å²) in [6.07, 6.45) is 55.8. The van der Waals surface area contributed by atoms with Gasteiger partial charge in [0.15, 0.2) is 0 Å². The van der Waals surface area contributed by atoms with E-state index in [0.29, 0.717) is 21.7 Å². The van der Waals surface area contributed by atoms with Crippen LogP contribution in [0.4, 0.5) is 51.2 Å². The van der Waals surface area contributed by atoms with Gasteiger partial charge in [-0.3, -0.25) is 0 Å². The van der Waals surface area contributed by atoms with Crippen molar-refractivity contribution in [1.29, 1.82) is 0 Å². The lowest BCUT2D eigenvalue weighted by Crippen LogP contribution is -2.55. The summed E-state index contributed by atoms with van der Waals surface area (Å²) < 4.78 is 5.42. The number of aryl methyl sites for hydroxylation is 6. The summed E-state index contributed by atoms with van der Waals surface area (Å²) in [5.41, 5.74) is 35.3. The Morgan fingerprint density at radius 2 is 0.475 bits per heavy atom. The summed E-state index contributed by atoms with van der Waals surface area (Å²) in [7, 11) is 1.70. The fourth-order valence-corrected chi connectivity index (χ4v) is 30.2. The van der Waals surface area contributed by atoms with Crippen LogP contribution in [-0.2, 0) is 64.8 Å². The number of hydrogen-bond donors (Lipinski definition) is 1. The van der Waals surface area contributed by atoms with E-state index in [0.717, 1.165) is 63.9 Å². The van der Waals surface area contributed by atoms with Gasteiger partial charge >= 0.3 is 0 Å². The monoisotopic (exact) mass is 1870 g/mol. The van der Waals surface area contributed by atoms with Gasteiger partial charge in [-0.1, -0.05) is 312 Å². The fourth-order valence-electron chi connectivity index (χ4n) is 30.2. The lowest BCUT2D eigenvalue weighted by molar-refractivity contribution is -0.0282. The highest BCUT2D eigenvalue weighted by Crippen LogP contribution is 2.70. The number of benzene rings is 12. The first-order valence-corrected chi connectivity index (χ1v) is 55.5. The molecule has 12 aromatic rings. The van der Waals surface area contributed by atoms with E-state index in [-0.39, 0.29) is 17.4 Å². The molecule has 141 heavy (non-hydrogen) atoms. The minimum atomic E-state index is 0.0431. The van der Waals surface area contributed by atoms with Crippen LogP contribution in [0, 0.1) is 49.4 Å². The zero-order valence-electron chi connectivity index (χ0n) is 86.6. The van der Waals surface area contributed by atoms with E-state index < -0.39 is 0 Å². The van der Waals surface area contributed by atoms with Crippen LogP contribution in [0.1, 0.15) is 335 Å². The van der Waals surface area contributed by atoms with Crippen molar-refractivity contribution >= 4 is 69.4 Å². The largest absolute Gasteiger partial charge is 0.497 e. The molecule has 732 valence electrons. The minimum absolute atomic E-state index is 0.0431. The van der Waals surface area contributed by atoms with Gasteiger partial charge in [0.05, 0.1) is 13.7 Å². The third-order valence-corrected chi connectivity index (χ3v) is 35.8. The first kappa shape index (κ1) is 98.8. The van der Waals surface area contributed by atoms with Crippen molar-refractivity contribution in [1.82, 2.24) is 0 Å². The van der Waals surface area contributed by atoms with Gasteiger partial charge < -0.3 is 24.5 Å². The van der Waals surface area contributed by atoms with Crippen LogP contribution in [0.25, 0.3) is 18.2 Å². The molecule has 0 radical (unpaired) electrons. The highest BCUT2D eigenvalue weighted by molar-refractivity contribution is 5.81. The Morgan fingerprint density at radius 1 is 0.262 bits per heavy atom. The van der Waals surface area contributed by atoms with Crippen molar-refractivity contribution in [3.63, 3.8) is 0 Å². The predicted octanol–water partition coefficient (Wildman–Crippen LogP) is 37.4. The van der Waals surface area contributed by atoms with Crippen molar-refractivity contribution in [2.45, 2.75) is 325 Å². The maximum atomic E-state index is 9.59. The Hall–Kier alpha value is -11.0. The Kier molecular flexibility index (Phi) is 30.9. The topological polar surface area (TPSA) is 39.2 Å². The third kappa shape index (κ3) is 21.8.